The van der Waals surface area contributed by atoms with Gasteiger partial charge in [0.1, 0.15) is 12.3 Å². The third-order valence-electron chi connectivity index (χ3n) is 4.42. The van der Waals surface area contributed by atoms with Gasteiger partial charge in [-0.1, -0.05) is 18.2 Å². The highest BCUT2D eigenvalue weighted by molar-refractivity contribution is 5.96. The van der Waals surface area contributed by atoms with Crippen LogP contribution in [0.25, 0.3) is 0 Å². The zero-order chi connectivity index (χ0) is 18.2. The fourth-order valence-corrected chi connectivity index (χ4v) is 3.18. The molecule has 1 aliphatic rings. The normalized spacial score (nSPS) is 16.9. The first-order valence-corrected chi connectivity index (χ1v) is 8.02. The van der Waals surface area contributed by atoms with Gasteiger partial charge in [-0.3, -0.25) is 4.79 Å². The van der Waals surface area contributed by atoms with E-state index in [9.17, 15) is 18.0 Å². The van der Waals surface area contributed by atoms with E-state index in [2.05, 4.69) is 5.32 Å². The molecule has 0 saturated heterocycles. The Morgan fingerprint density at radius 3 is 2.76 bits per heavy atom. The lowest BCUT2D eigenvalue weighted by Crippen LogP contribution is -2.32. The summed E-state index contributed by atoms with van der Waals surface area (Å²) in [4.78, 5) is 12.6. The SMILES string of the molecule is Cc1cc(C(=O)N[C@H]2CCOc3ccccc32)c(C)n1CC(F)(F)F. The molecule has 1 amide bonds. The second kappa shape index (κ2) is 6.46. The number of rotatable bonds is 3. The fourth-order valence-electron chi connectivity index (χ4n) is 3.18. The molecule has 25 heavy (non-hydrogen) atoms. The molecule has 0 fully saturated rings. The highest BCUT2D eigenvalue weighted by Crippen LogP contribution is 2.32. The third kappa shape index (κ3) is 3.65. The lowest BCUT2D eigenvalue weighted by Gasteiger charge is -2.26. The first-order chi connectivity index (χ1) is 11.8. The molecule has 0 bridgehead atoms. The van der Waals surface area contributed by atoms with Crippen LogP contribution in [0.5, 0.6) is 5.75 Å². The van der Waals surface area contributed by atoms with Crippen molar-refractivity contribution in [3.63, 3.8) is 0 Å². The molecule has 0 unspecified atom stereocenters. The van der Waals surface area contributed by atoms with Gasteiger partial charge in [-0.15, -0.1) is 0 Å². The van der Waals surface area contributed by atoms with E-state index in [1.807, 2.05) is 24.3 Å². The summed E-state index contributed by atoms with van der Waals surface area (Å²) in [7, 11) is 0. The molecule has 134 valence electrons. The van der Waals surface area contributed by atoms with E-state index < -0.39 is 12.7 Å². The number of carbonyl (C=O) groups is 1. The van der Waals surface area contributed by atoms with Crippen LogP contribution < -0.4 is 10.1 Å². The quantitative estimate of drug-likeness (QED) is 0.910. The number of alkyl halides is 3. The molecular formula is C18H19F3N2O2. The maximum atomic E-state index is 12.7. The van der Waals surface area contributed by atoms with Crippen LogP contribution in [-0.2, 0) is 6.54 Å². The first-order valence-electron chi connectivity index (χ1n) is 8.02. The zero-order valence-electron chi connectivity index (χ0n) is 14.0. The van der Waals surface area contributed by atoms with Crippen molar-refractivity contribution in [2.45, 2.75) is 39.0 Å². The molecule has 7 heteroatoms. The molecule has 0 spiro atoms. The van der Waals surface area contributed by atoms with E-state index in [-0.39, 0.29) is 17.5 Å². The van der Waals surface area contributed by atoms with Gasteiger partial charge in [-0.05, 0) is 26.0 Å². The van der Waals surface area contributed by atoms with Crippen molar-refractivity contribution in [1.82, 2.24) is 9.88 Å². The minimum atomic E-state index is -4.33. The van der Waals surface area contributed by atoms with E-state index in [1.165, 1.54) is 13.0 Å². The Hall–Kier alpha value is -2.44. The van der Waals surface area contributed by atoms with Crippen LogP contribution in [0.4, 0.5) is 13.2 Å². The molecule has 4 nitrogen and oxygen atoms in total. The largest absolute Gasteiger partial charge is 0.493 e. The summed E-state index contributed by atoms with van der Waals surface area (Å²) >= 11 is 0. The minimum absolute atomic E-state index is 0.219. The standard InChI is InChI=1S/C18H19F3N2O2/c1-11-9-14(12(2)23(11)10-18(19,20)21)17(24)22-15-7-8-25-16-6-4-3-5-13(15)16/h3-6,9,15H,7-8,10H2,1-2H3,(H,22,24)/t15-/m0/s1. The Morgan fingerprint density at radius 1 is 1.32 bits per heavy atom. The third-order valence-corrected chi connectivity index (χ3v) is 4.42. The Balaban J connectivity index is 1.82. The van der Waals surface area contributed by atoms with E-state index in [0.717, 1.165) is 15.9 Å². The van der Waals surface area contributed by atoms with Crippen LogP contribution in [0.3, 0.4) is 0 Å². The van der Waals surface area contributed by atoms with Crippen LogP contribution in [-0.4, -0.2) is 23.3 Å². The Kier molecular flexibility index (Phi) is 4.49. The smallest absolute Gasteiger partial charge is 0.406 e. The van der Waals surface area contributed by atoms with Gasteiger partial charge in [0.2, 0.25) is 0 Å². The lowest BCUT2D eigenvalue weighted by atomic mass is 10.00. The number of nitrogens with one attached hydrogen (secondary N) is 1. The summed E-state index contributed by atoms with van der Waals surface area (Å²) in [6.45, 7) is 2.48. The number of benzene rings is 1. The summed E-state index contributed by atoms with van der Waals surface area (Å²) in [5, 5.41) is 2.92. The van der Waals surface area contributed by atoms with Gasteiger partial charge in [-0.25, -0.2) is 0 Å². The molecular weight excluding hydrogens is 333 g/mol. The van der Waals surface area contributed by atoms with E-state index in [4.69, 9.17) is 4.74 Å². The number of aryl methyl sites for hydroxylation is 1. The molecule has 1 aromatic heterocycles. The summed E-state index contributed by atoms with van der Waals surface area (Å²) in [6, 6.07) is 8.72. The number of hydrogen-bond donors (Lipinski definition) is 1. The number of nitrogens with zero attached hydrogens (tertiary/aromatic N) is 1. The fraction of sp³-hybridized carbons (Fsp3) is 0.389. The van der Waals surface area contributed by atoms with Gasteiger partial charge < -0.3 is 14.6 Å². The van der Waals surface area contributed by atoms with Crippen molar-refractivity contribution in [1.29, 1.82) is 0 Å². The van der Waals surface area contributed by atoms with Crippen LogP contribution in [0.15, 0.2) is 30.3 Å². The van der Waals surface area contributed by atoms with Crippen LogP contribution in [0.1, 0.15) is 39.8 Å². The number of carbonyl (C=O) groups excluding carboxylic acids is 1. The summed E-state index contributed by atoms with van der Waals surface area (Å²) in [5.41, 5.74) is 1.87. The molecule has 1 aromatic carbocycles. The maximum Gasteiger partial charge on any atom is 0.406 e. The molecule has 0 saturated carbocycles. The average Bonchev–Trinajstić information content (AvgIpc) is 2.82. The van der Waals surface area contributed by atoms with E-state index >= 15 is 0 Å². The second-order valence-corrected chi connectivity index (χ2v) is 6.19. The number of aromatic nitrogens is 1. The number of ether oxygens (including phenoxy) is 1. The van der Waals surface area contributed by atoms with Gasteiger partial charge in [0.25, 0.3) is 5.91 Å². The first kappa shape index (κ1) is 17.4. The van der Waals surface area contributed by atoms with Gasteiger partial charge >= 0.3 is 6.18 Å². The molecule has 1 aliphatic heterocycles. The Morgan fingerprint density at radius 2 is 2.04 bits per heavy atom. The number of amides is 1. The molecule has 2 heterocycles. The lowest BCUT2D eigenvalue weighted by molar-refractivity contribution is -0.141. The van der Waals surface area contributed by atoms with Gasteiger partial charge in [-0.2, -0.15) is 13.2 Å². The van der Waals surface area contributed by atoms with E-state index in [0.29, 0.717) is 24.4 Å². The van der Waals surface area contributed by atoms with Crippen LogP contribution in [0, 0.1) is 13.8 Å². The predicted molar refractivity (Wildman–Crippen MR) is 86.7 cm³/mol. The monoisotopic (exact) mass is 352 g/mol. The van der Waals surface area contributed by atoms with Crippen molar-refractivity contribution in [2.75, 3.05) is 6.61 Å². The molecule has 1 N–H and O–H groups in total. The molecule has 0 radical (unpaired) electrons. The zero-order valence-corrected chi connectivity index (χ0v) is 14.0. The maximum absolute atomic E-state index is 12.7. The van der Waals surface area contributed by atoms with Crippen LogP contribution in [0.2, 0.25) is 0 Å². The van der Waals surface area contributed by atoms with Crippen LogP contribution >= 0.6 is 0 Å². The van der Waals surface area contributed by atoms with Crippen molar-refractivity contribution in [2.24, 2.45) is 0 Å². The predicted octanol–water partition coefficient (Wildman–Crippen LogP) is 3.92. The van der Waals surface area contributed by atoms with E-state index in [1.54, 1.807) is 6.92 Å². The summed E-state index contributed by atoms with van der Waals surface area (Å²) < 4.78 is 44.8. The van der Waals surface area contributed by atoms with Gasteiger partial charge in [0.15, 0.2) is 0 Å². The van der Waals surface area contributed by atoms with Crippen molar-refractivity contribution >= 4 is 5.91 Å². The molecule has 2 aromatic rings. The van der Waals surface area contributed by atoms with Crippen molar-refractivity contribution in [3.05, 3.63) is 52.8 Å². The van der Waals surface area contributed by atoms with Gasteiger partial charge in [0.05, 0.1) is 18.2 Å². The topological polar surface area (TPSA) is 43.3 Å². The summed E-state index contributed by atoms with van der Waals surface area (Å²) in [5.74, 6) is 0.352. The molecule has 0 aliphatic carbocycles. The van der Waals surface area contributed by atoms with Gasteiger partial charge in [0, 0.05) is 23.4 Å². The Bertz CT molecular complexity index is 796. The molecule has 1 atom stereocenters. The number of hydrogen-bond acceptors (Lipinski definition) is 2. The highest BCUT2D eigenvalue weighted by atomic mass is 19.4. The number of para-hydroxylation sites is 1. The van der Waals surface area contributed by atoms with Crippen molar-refractivity contribution < 1.29 is 22.7 Å². The number of fused-ring (bicyclic) bond motifs is 1. The Labute approximate surface area is 143 Å². The average molecular weight is 352 g/mol. The summed E-state index contributed by atoms with van der Waals surface area (Å²) in [6.07, 6.45) is -3.72. The minimum Gasteiger partial charge on any atom is -0.493 e. The second-order valence-electron chi connectivity index (χ2n) is 6.19. The van der Waals surface area contributed by atoms with Crippen molar-refractivity contribution in [3.8, 4) is 5.75 Å². The highest BCUT2D eigenvalue weighted by Gasteiger charge is 2.31. The molecule has 3 rings (SSSR count). The number of halogens is 3.